The molecule has 0 bridgehead atoms. The van der Waals surface area contributed by atoms with Gasteiger partial charge in [0.1, 0.15) is 0 Å². The molecule has 0 aliphatic heterocycles. The average Bonchev–Trinajstić information content (AvgIpc) is 3.11. The van der Waals surface area contributed by atoms with Crippen molar-refractivity contribution in [3.63, 3.8) is 0 Å². The summed E-state index contributed by atoms with van der Waals surface area (Å²) in [6, 6.07) is 15.9. The van der Waals surface area contributed by atoms with E-state index in [9.17, 15) is 0 Å². The highest BCUT2D eigenvalue weighted by molar-refractivity contribution is 6.35. The molecule has 0 aliphatic carbocycles. The first-order valence-corrected chi connectivity index (χ1v) is 8.51. The van der Waals surface area contributed by atoms with Gasteiger partial charge >= 0.3 is 0 Å². The highest BCUT2D eigenvalue weighted by atomic mass is 35.5. The number of aromatic nitrogens is 2. The van der Waals surface area contributed by atoms with Gasteiger partial charge in [-0.1, -0.05) is 59.6 Å². The van der Waals surface area contributed by atoms with Crippen LogP contribution in [-0.2, 0) is 17.8 Å². The van der Waals surface area contributed by atoms with Crippen molar-refractivity contribution in [2.75, 3.05) is 6.61 Å². The van der Waals surface area contributed by atoms with Crippen molar-refractivity contribution in [1.82, 2.24) is 9.55 Å². The van der Waals surface area contributed by atoms with Crippen LogP contribution < -0.4 is 0 Å². The van der Waals surface area contributed by atoms with E-state index < -0.39 is 0 Å². The van der Waals surface area contributed by atoms with Crippen molar-refractivity contribution in [1.29, 1.82) is 0 Å². The van der Waals surface area contributed by atoms with Crippen LogP contribution >= 0.6 is 23.2 Å². The van der Waals surface area contributed by atoms with Crippen molar-refractivity contribution < 1.29 is 4.74 Å². The second kappa shape index (κ2) is 8.34. The summed E-state index contributed by atoms with van der Waals surface area (Å²) in [4.78, 5) is 4.14. The normalized spacial score (nSPS) is 12.2. The Kier molecular flexibility index (Phi) is 5.91. The fourth-order valence-corrected chi connectivity index (χ4v) is 3.05. The highest BCUT2D eigenvalue weighted by Gasteiger charge is 2.14. The molecule has 5 heteroatoms. The Bertz CT molecular complexity index is 760. The van der Waals surface area contributed by atoms with Gasteiger partial charge in [0.05, 0.1) is 25.6 Å². The zero-order valence-corrected chi connectivity index (χ0v) is 14.6. The van der Waals surface area contributed by atoms with Crippen LogP contribution in [0.2, 0.25) is 10.0 Å². The predicted molar refractivity (Wildman–Crippen MR) is 97.5 cm³/mol. The number of imidazole rings is 1. The molecule has 1 atom stereocenters. The van der Waals surface area contributed by atoms with E-state index in [1.807, 2.05) is 36.5 Å². The number of rotatable bonds is 7. The lowest BCUT2D eigenvalue weighted by atomic mass is 10.1. The van der Waals surface area contributed by atoms with Gasteiger partial charge in [-0.15, -0.1) is 0 Å². The fourth-order valence-electron chi connectivity index (χ4n) is 2.56. The van der Waals surface area contributed by atoms with Gasteiger partial charge < -0.3 is 9.30 Å². The van der Waals surface area contributed by atoms with Crippen molar-refractivity contribution >= 4 is 23.2 Å². The molecule has 1 unspecified atom stereocenters. The van der Waals surface area contributed by atoms with Crippen LogP contribution in [0.25, 0.3) is 0 Å². The van der Waals surface area contributed by atoms with Gasteiger partial charge in [0.2, 0.25) is 0 Å². The van der Waals surface area contributed by atoms with E-state index in [0.717, 1.165) is 17.5 Å². The Morgan fingerprint density at radius 3 is 2.62 bits per heavy atom. The highest BCUT2D eigenvalue weighted by Crippen LogP contribution is 2.25. The van der Waals surface area contributed by atoms with Gasteiger partial charge in [-0.25, -0.2) is 4.98 Å². The molecule has 0 N–H and O–H groups in total. The minimum absolute atomic E-state index is 0.120. The summed E-state index contributed by atoms with van der Waals surface area (Å²) >= 11 is 12.3. The number of halogens is 2. The van der Waals surface area contributed by atoms with Crippen LogP contribution in [0.15, 0.2) is 67.3 Å². The standard InChI is InChI=1S/C19H18Cl2N2O/c20-17-7-6-16(19(21)11-17)10-18(23-9-8-22-14-23)13-24-12-15-4-2-1-3-5-15/h1-9,11,14,18H,10,12-13H2. The SMILES string of the molecule is Clc1ccc(CC(COCc2ccccc2)n2ccnc2)c(Cl)c1. The molecule has 0 radical (unpaired) electrons. The average molecular weight is 361 g/mol. The van der Waals surface area contributed by atoms with Gasteiger partial charge in [-0.05, 0) is 29.7 Å². The molecular formula is C19H18Cl2N2O. The molecule has 0 spiro atoms. The molecule has 3 rings (SSSR count). The monoisotopic (exact) mass is 360 g/mol. The number of benzene rings is 2. The van der Waals surface area contributed by atoms with Gasteiger partial charge in [0, 0.05) is 22.4 Å². The quantitative estimate of drug-likeness (QED) is 0.579. The van der Waals surface area contributed by atoms with Gasteiger partial charge in [0.25, 0.3) is 0 Å². The van der Waals surface area contributed by atoms with Crippen molar-refractivity contribution in [3.8, 4) is 0 Å². The topological polar surface area (TPSA) is 27.1 Å². The Hall–Kier alpha value is -1.81. The Morgan fingerprint density at radius 2 is 1.92 bits per heavy atom. The zero-order valence-electron chi connectivity index (χ0n) is 13.1. The second-order valence-electron chi connectivity index (χ2n) is 5.60. The lowest BCUT2D eigenvalue weighted by Crippen LogP contribution is -2.17. The predicted octanol–water partition coefficient (Wildman–Crippen LogP) is 5.19. The maximum Gasteiger partial charge on any atom is 0.0949 e. The van der Waals surface area contributed by atoms with E-state index in [0.29, 0.717) is 23.3 Å². The minimum atomic E-state index is 0.120. The minimum Gasteiger partial charge on any atom is -0.375 e. The molecule has 124 valence electrons. The van der Waals surface area contributed by atoms with Crippen molar-refractivity contribution in [3.05, 3.63) is 88.4 Å². The number of hydrogen-bond acceptors (Lipinski definition) is 2. The Labute approximate surface area is 151 Å². The molecule has 3 nitrogen and oxygen atoms in total. The zero-order chi connectivity index (χ0) is 16.8. The summed E-state index contributed by atoms with van der Waals surface area (Å²) < 4.78 is 7.98. The summed E-state index contributed by atoms with van der Waals surface area (Å²) in [5.74, 6) is 0. The van der Waals surface area contributed by atoms with Crippen LogP contribution in [0.5, 0.6) is 0 Å². The molecule has 1 heterocycles. The van der Waals surface area contributed by atoms with Crippen molar-refractivity contribution in [2.24, 2.45) is 0 Å². The Balaban J connectivity index is 1.67. The van der Waals surface area contributed by atoms with Crippen LogP contribution in [0.3, 0.4) is 0 Å². The molecule has 0 saturated heterocycles. The number of hydrogen-bond donors (Lipinski definition) is 0. The maximum atomic E-state index is 6.31. The summed E-state index contributed by atoms with van der Waals surface area (Å²) in [7, 11) is 0. The third-order valence-corrected chi connectivity index (χ3v) is 4.43. The summed E-state index contributed by atoms with van der Waals surface area (Å²) in [6.45, 7) is 1.16. The second-order valence-corrected chi connectivity index (χ2v) is 6.45. The number of nitrogens with zero attached hydrogens (tertiary/aromatic N) is 2. The summed E-state index contributed by atoms with van der Waals surface area (Å²) in [5.41, 5.74) is 2.20. The first kappa shape index (κ1) is 17.0. The van der Waals surface area contributed by atoms with Crippen molar-refractivity contribution in [2.45, 2.75) is 19.1 Å². The van der Waals surface area contributed by atoms with E-state index in [4.69, 9.17) is 27.9 Å². The summed E-state index contributed by atoms with van der Waals surface area (Å²) in [6.07, 6.45) is 6.27. The van der Waals surface area contributed by atoms with Crippen LogP contribution in [0, 0.1) is 0 Å². The Morgan fingerprint density at radius 1 is 1.08 bits per heavy atom. The molecular weight excluding hydrogens is 343 g/mol. The molecule has 2 aromatic carbocycles. The fraction of sp³-hybridized carbons (Fsp3) is 0.211. The molecule has 0 fully saturated rings. The summed E-state index contributed by atoms with van der Waals surface area (Å²) in [5, 5.41) is 1.32. The molecule has 24 heavy (non-hydrogen) atoms. The first-order valence-electron chi connectivity index (χ1n) is 7.75. The van der Waals surface area contributed by atoms with Gasteiger partial charge in [0.15, 0.2) is 0 Å². The van der Waals surface area contributed by atoms with Crippen LogP contribution in [0.1, 0.15) is 17.2 Å². The van der Waals surface area contributed by atoms with Crippen LogP contribution in [0.4, 0.5) is 0 Å². The van der Waals surface area contributed by atoms with Gasteiger partial charge in [-0.3, -0.25) is 0 Å². The lowest BCUT2D eigenvalue weighted by molar-refractivity contribution is 0.0897. The third-order valence-electron chi connectivity index (χ3n) is 3.84. The van der Waals surface area contributed by atoms with Gasteiger partial charge in [-0.2, -0.15) is 0 Å². The first-order chi connectivity index (χ1) is 11.7. The third kappa shape index (κ3) is 4.60. The van der Waals surface area contributed by atoms with E-state index >= 15 is 0 Å². The van der Waals surface area contributed by atoms with Crippen LogP contribution in [-0.4, -0.2) is 16.2 Å². The molecule has 0 amide bonds. The molecule has 3 aromatic rings. The van der Waals surface area contributed by atoms with E-state index in [2.05, 4.69) is 21.7 Å². The van der Waals surface area contributed by atoms with E-state index in [-0.39, 0.29) is 6.04 Å². The molecule has 1 aromatic heterocycles. The smallest absolute Gasteiger partial charge is 0.0949 e. The number of ether oxygens (including phenoxy) is 1. The lowest BCUT2D eigenvalue weighted by Gasteiger charge is -2.19. The van der Waals surface area contributed by atoms with E-state index in [1.165, 1.54) is 0 Å². The van der Waals surface area contributed by atoms with E-state index in [1.54, 1.807) is 18.6 Å². The molecule has 0 aliphatic rings. The maximum absolute atomic E-state index is 6.31. The molecule has 0 saturated carbocycles. The largest absolute Gasteiger partial charge is 0.375 e.